The van der Waals surface area contributed by atoms with E-state index < -0.39 is 0 Å². The quantitative estimate of drug-likeness (QED) is 0.651. The van der Waals surface area contributed by atoms with Crippen molar-refractivity contribution in [1.29, 1.82) is 0 Å². The highest BCUT2D eigenvalue weighted by molar-refractivity contribution is 6.33. The molecule has 0 aromatic heterocycles. The van der Waals surface area contributed by atoms with Crippen LogP contribution in [0.1, 0.15) is 26.3 Å². The Kier molecular flexibility index (Phi) is 5.25. The molecule has 0 bridgehead atoms. The van der Waals surface area contributed by atoms with Crippen molar-refractivity contribution >= 4 is 17.3 Å². The molecule has 0 spiro atoms. The minimum Gasteiger partial charge on any atom is -0.398 e. The Morgan fingerprint density at radius 2 is 1.94 bits per heavy atom. The molecule has 0 aliphatic carbocycles. The van der Waals surface area contributed by atoms with Crippen LogP contribution in [-0.4, -0.2) is 18.8 Å². The van der Waals surface area contributed by atoms with Crippen molar-refractivity contribution in [3.8, 4) is 0 Å². The lowest BCUT2D eigenvalue weighted by atomic mass is 10.2. The number of hydrogen-bond donors (Lipinski definition) is 1. The Hall–Kier alpha value is -0.770. The fraction of sp³-hybridized carbons (Fsp3) is 0.538. The first-order chi connectivity index (χ1) is 7.88. The number of ether oxygens (including phenoxy) is 2. The molecule has 17 heavy (non-hydrogen) atoms. The first-order valence-electron chi connectivity index (χ1n) is 5.64. The van der Waals surface area contributed by atoms with Gasteiger partial charge in [0.2, 0.25) is 0 Å². The van der Waals surface area contributed by atoms with E-state index in [1.807, 2.05) is 32.9 Å². The Morgan fingerprint density at radius 1 is 1.24 bits per heavy atom. The van der Waals surface area contributed by atoms with Gasteiger partial charge in [0.05, 0.1) is 36.1 Å². The third kappa shape index (κ3) is 5.91. The van der Waals surface area contributed by atoms with Gasteiger partial charge in [-0.15, -0.1) is 0 Å². The lowest BCUT2D eigenvalue weighted by Gasteiger charge is -2.19. The first kappa shape index (κ1) is 14.3. The Labute approximate surface area is 108 Å². The molecule has 3 nitrogen and oxygen atoms in total. The number of hydrogen-bond acceptors (Lipinski definition) is 3. The van der Waals surface area contributed by atoms with Crippen LogP contribution < -0.4 is 5.73 Å². The van der Waals surface area contributed by atoms with Crippen LogP contribution in [0.25, 0.3) is 0 Å². The summed E-state index contributed by atoms with van der Waals surface area (Å²) in [6.45, 7) is 7.74. The van der Waals surface area contributed by atoms with Gasteiger partial charge in [0.1, 0.15) is 0 Å². The third-order valence-corrected chi connectivity index (χ3v) is 2.44. The fourth-order valence-electron chi connectivity index (χ4n) is 1.28. The molecule has 0 amide bonds. The van der Waals surface area contributed by atoms with E-state index in [0.717, 1.165) is 5.56 Å². The van der Waals surface area contributed by atoms with Gasteiger partial charge in [-0.05, 0) is 38.5 Å². The van der Waals surface area contributed by atoms with Crippen LogP contribution in [0, 0.1) is 0 Å². The maximum atomic E-state index is 5.83. The summed E-state index contributed by atoms with van der Waals surface area (Å²) in [5.74, 6) is 0. The van der Waals surface area contributed by atoms with Gasteiger partial charge in [-0.25, -0.2) is 0 Å². The SMILES string of the molecule is CC(C)(C)OCCOCc1ccc(Cl)c(N)c1. The molecule has 0 heterocycles. The third-order valence-electron chi connectivity index (χ3n) is 2.09. The Morgan fingerprint density at radius 3 is 2.53 bits per heavy atom. The smallest absolute Gasteiger partial charge is 0.0718 e. The first-order valence-corrected chi connectivity index (χ1v) is 6.02. The summed E-state index contributed by atoms with van der Waals surface area (Å²) in [5, 5.41) is 0.574. The van der Waals surface area contributed by atoms with Crippen molar-refractivity contribution < 1.29 is 9.47 Å². The maximum absolute atomic E-state index is 5.83. The van der Waals surface area contributed by atoms with Crippen molar-refractivity contribution in [2.45, 2.75) is 33.0 Å². The number of rotatable bonds is 5. The molecule has 2 N–H and O–H groups in total. The molecule has 0 unspecified atom stereocenters. The second kappa shape index (κ2) is 6.24. The molecule has 0 saturated heterocycles. The number of halogens is 1. The van der Waals surface area contributed by atoms with Gasteiger partial charge in [-0.2, -0.15) is 0 Å². The van der Waals surface area contributed by atoms with E-state index in [-0.39, 0.29) is 5.60 Å². The lowest BCUT2D eigenvalue weighted by Crippen LogP contribution is -2.21. The van der Waals surface area contributed by atoms with Crippen LogP contribution >= 0.6 is 11.6 Å². The van der Waals surface area contributed by atoms with Crippen molar-refractivity contribution in [3.05, 3.63) is 28.8 Å². The summed E-state index contributed by atoms with van der Waals surface area (Å²) in [7, 11) is 0. The number of nitrogen functional groups attached to an aromatic ring is 1. The summed E-state index contributed by atoms with van der Waals surface area (Å²) in [4.78, 5) is 0. The molecule has 4 heteroatoms. The maximum Gasteiger partial charge on any atom is 0.0718 e. The zero-order valence-corrected chi connectivity index (χ0v) is 11.4. The minimum atomic E-state index is -0.117. The van der Waals surface area contributed by atoms with Gasteiger partial charge in [-0.3, -0.25) is 0 Å². The summed E-state index contributed by atoms with van der Waals surface area (Å²) in [6.07, 6.45) is 0. The van der Waals surface area contributed by atoms with Crippen LogP contribution in [0.5, 0.6) is 0 Å². The van der Waals surface area contributed by atoms with Gasteiger partial charge in [-0.1, -0.05) is 17.7 Å². The number of nitrogens with two attached hydrogens (primary N) is 1. The van der Waals surface area contributed by atoms with Crippen molar-refractivity contribution in [3.63, 3.8) is 0 Å². The topological polar surface area (TPSA) is 44.5 Å². The van der Waals surface area contributed by atoms with Gasteiger partial charge < -0.3 is 15.2 Å². The Bertz CT molecular complexity index is 361. The average Bonchev–Trinajstić information content (AvgIpc) is 2.21. The number of anilines is 1. The zero-order valence-electron chi connectivity index (χ0n) is 10.6. The van der Waals surface area contributed by atoms with E-state index >= 15 is 0 Å². The second-order valence-corrected chi connectivity index (χ2v) is 5.28. The van der Waals surface area contributed by atoms with Gasteiger partial charge in [0.15, 0.2) is 0 Å². The summed E-state index contributed by atoms with van der Waals surface area (Å²) in [6, 6.07) is 5.51. The molecule has 0 atom stereocenters. The highest BCUT2D eigenvalue weighted by atomic mass is 35.5. The predicted octanol–water partition coefficient (Wildman–Crippen LogP) is 3.25. The molecule has 0 radical (unpaired) electrons. The van der Waals surface area contributed by atoms with Crippen LogP contribution in [0.15, 0.2) is 18.2 Å². The monoisotopic (exact) mass is 257 g/mol. The largest absolute Gasteiger partial charge is 0.398 e. The van der Waals surface area contributed by atoms with Crippen molar-refractivity contribution in [2.75, 3.05) is 18.9 Å². The summed E-state index contributed by atoms with van der Waals surface area (Å²) >= 11 is 5.83. The van der Waals surface area contributed by atoms with E-state index in [2.05, 4.69) is 0 Å². The zero-order chi connectivity index (χ0) is 12.9. The summed E-state index contributed by atoms with van der Waals surface area (Å²) < 4.78 is 11.0. The van der Waals surface area contributed by atoms with Crippen molar-refractivity contribution in [1.82, 2.24) is 0 Å². The minimum absolute atomic E-state index is 0.117. The fourth-order valence-corrected chi connectivity index (χ4v) is 1.40. The van der Waals surface area contributed by atoms with Crippen LogP contribution in [0.2, 0.25) is 5.02 Å². The van der Waals surface area contributed by atoms with Gasteiger partial charge >= 0.3 is 0 Å². The molecule has 0 saturated carbocycles. The predicted molar refractivity (Wildman–Crippen MR) is 71.2 cm³/mol. The van der Waals surface area contributed by atoms with E-state index in [1.165, 1.54) is 0 Å². The van der Waals surface area contributed by atoms with Crippen molar-refractivity contribution in [2.24, 2.45) is 0 Å². The highest BCUT2D eigenvalue weighted by Crippen LogP contribution is 2.19. The average molecular weight is 258 g/mol. The molecule has 1 aromatic carbocycles. The van der Waals surface area contributed by atoms with E-state index in [1.54, 1.807) is 6.07 Å². The molecule has 0 fully saturated rings. The summed E-state index contributed by atoms with van der Waals surface area (Å²) in [5.41, 5.74) is 7.18. The molecule has 1 rings (SSSR count). The van der Waals surface area contributed by atoms with Crippen LogP contribution in [0.3, 0.4) is 0 Å². The van der Waals surface area contributed by atoms with Gasteiger partial charge in [0.25, 0.3) is 0 Å². The number of benzene rings is 1. The van der Waals surface area contributed by atoms with Crippen LogP contribution in [0.4, 0.5) is 5.69 Å². The Balaban J connectivity index is 2.25. The molecular weight excluding hydrogens is 238 g/mol. The molecule has 96 valence electrons. The molecule has 0 aliphatic rings. The normalized spacial score (nSPS) is 11.8. The lowest BCUT2D eigenvalue weighted by molar-refractivity contribution is -0.0376. The standard InChI is InChI=1S/C13H20ClNO2/c1-13(2,3)17-7-6-16-9-10-4-5-11(14)12(15)8-10/h4-5,8H,6-7,9,15H2,1-3H3. The highest BCUT2D eigenvalue weighted by Gasteiger charge is 2.08. The molecular formula is C13H20ClNO2. The van der Waals surface area contributed by atoms with E-state index in [9.17, 15) is 0 Å². The molecule has 1 aromatic rings. The second-order valence-electron chi connectivity index (χ2n) is 4.87. The van der Waals surface area contributed by atoms with Gasteiger partial charge in [0, 0.05) is 0 Å². The van der Waals surface area contributed by atoms with E-state index in [4.69, 9.17) is 26.8 Å². The van der Waals surface area contributed by atoms with E-state index in [0.29, 0.717) is 30.5 Å². The van der Waals surface area contributed by atoms with Crippen LogP contribution in [-0.2, 0) is 16.1 Å². The molecule has 0 aliphatic heterocycles.